The Hall–Kier alpha value is -2.45. The molecule has 0 bridgehead atoms. The van der Waals surface area contributed by atoms with Gasteiger partial charge in [-0.25, -0.2) is 8.78 Å². The van der Waals surface area contributed by atoms with E-state index >= 15 is 0 Å². The molecule has 1 atom stereocenters. The van der Waals surface area contributed by atoms with Crippen LogP contribution in [0.2, 0.25) is 0 Å². The highest BCUT2D eigenvalue weighted by Gasteiger charge is 2.08. The van der Waals surface area contributed by atoms with E-state index in [1.807, 2.05) is 0 Å². The molecule has 108 valence electrons. The number of nitrogens with two attached hydrogens (primary N) is 1. The summed E-state index contributed by atoms with van der Waals surface area (Å²) in [7, 11) is 0. The number of hydrogen-bond donors (Lipinski definition) is 1. The minimum Gasteiger partial charge on any atom is -0.486 e. The Morgan fingerprint density at radius 3 is 2.57 bits per heavy atom. The van der Waals surface area contributed by atoms with E-state index in [0.29, 0.717) is 11.1 Å². The summed E-state index contributed by atoms with van der Waals surface area (Å²) in [6.07, 6.45) is 0. The lowest BCUT2D eigenvalue weighted by Gasteiger charge is -2.10. The van der Waals surface area contributed by atoms with Crippen molar-refractivity contribution < 1.29 is 13.5 Å². The molecule has 0 aromatic heterocycles. The number of benzene rings is 2. The van der Waals surface area contributed by atoms with Crippen molar-refractivity contribution in [1.29, 1.82) is 5.26 Å². The zero-order valence-corrected chi connectivity index (χ0v) is 11.4. The molecular formula is C16H14F2N2O. The van der Waals surface area contributed by atoms with Crippen molar-refractivity contribution in [3.8, 4) is 11.8 Å². The van der Waals surface area contributed by atoms with Gasteiger partial charge >= 0.3 is 0 Å². The fourth-order valence-corrected chi connectivity index (χ4v) is 1.83. The first-order valence-corrected chi connectivity index (χ1v) is 6.37. The van der Waals surface area contributed by atoms with Gasteiger partial charge in [0.2, 0.25) is 0 Å². The number of hydrogen-bond acceptors (Lipinski definition) is 3. The van der Waals surface area contributed by atoms with Gasteiger partial charge in [-0.15, -0.1) is 0 Å². The first-order valence-electron chi connectivity index (χ1n) is 6.37. The average molecular weight is 288 g/mol. The van der Waals surface area contributed by atoms with Crippen LogP contribution in [-0.4, -0.2) is 0 Å². The molecule has 0 aliphatic carbocycles. The van der Waals surface area contributed by atoms with E-state index in [-0.39, 0.29) is 24.0 Å². The first kappa shape index (κ1) is 14.9. The summed E-state index contributed by atoms with van der Waals surface area (Å²) in [5.74, 6) is -1.01. The molecule has 2 rings (SSSR count). The SMILES string of the molecule is C[C@H](N)c1ccc(OCc2ccc(F)c(C#N)c2)c(F)c1. The summed E-state index contributed by atoms with van der Waals surface area (Å²) in [5, 5.41) is 8.75. The maximum atomic E-state index is 13.8. The summed E-state index contributed by atoms with van der Waals surface area (Å²) >= 11 is 0. The predicted molar refractivity (Wildman–Crippen MR) is 74.4 cm³/mol. The molecule has 2 aromatic rings. The molecule has 0 heterocycles. The lowest BCUT2D eigenvalue weighted by molar-refractivity contribution is 0.290. The Morgan fingerprint density at radius 2 is 1.95 bits per heavy atom. The summed E-state index contributed by atoms with van der Waals surface area (Å²) in [6.45, 7) is 1.81. The summed E-state index contributed by atoms with van der Waals surface area (Å²) in [4.78, 5) is 0. The smallest absolute Gasteiger partial charge is 0.165 e. The Bertz CT molecular complexity index is 693. The van der Waals surface area contributed by atoms with Crippen LogP contribution in [0, 0.1) is 23.0 Å². The standard InChI is InChI=1S/C16H14F2N2O/c1-10(20)12-3-5-16(15(18)7-12)21-9-11-2-4-14(17)13(6-11)8-19/h2-7,10H,9,20H2,1H3/t10-/m0/s1. The Morgan fingerprint density at radius 1 is 1.19 bits per heavy atom. The number of nitriles is 1. The van der Waals surface area contributed by atoms with Crippen molar-refractivity contribution in [3.63, 3.8) is 0 Å². The van der Waals surface area contributed by atoms with Gasteiger partial charge < -0.3 is 10.5 Å². The molecule has 21 heavy (non-hydrogen) atoms. The van der Waals surface area contributed by atoms with Crippen LogP contribution in [0.4, 0.5) is 8.78 Å². The molecule has 0 spiro atoms. The van der Waals surface area contributed by atoms with E-state index in [1.54, 1.807) is 19.1 Å². The molecule has 2 N–H and O–H groups in total. The highest BCUT2D eigenvalue weighted by atomic mass is 19.1. The van der Waals surface area contributed by atoms with E-state index in [0.717, 1.165) is 0 Å². The van der Waals surface area contributed by atoms with Gasteiger partial charge in [0.15, 0.2) is 11.6 Å². The third kappa shape index (κ3) is 3.56. The van der Waals surface area contributed by atoms with Crippen molar-refractivity contribution >= 4 is 0 Å². The molecule has 0 aliphatic rings. The third-order valence-electron chi connectivity index (χ3n) is 3.03. The molecule has 0 saturated heterocycles. The van der Waals surface area contributed by atoms with Gasteiger partial charge in [0.25, 0.3) is 0 Å². The summed E-state index contributed by atoms with van der Waals surface area (Å²) < 4.78 is 32.4. The monoisotopic (exact) mass is 288 g/mol. The fraction of sp³-hybridized carbons (Fsp3) is 0.188. The quantitative estimate of drug-likeness (QED) is 0.937. The molecule has 0 amide bonds. The van der Waals surface area contributed by atoms with Crippen molar-refractivity contribution in [2.24, 2.45) is 5.73 Å². The first-order chi connectivity index (χ1) is 10.0. The van der Waals surface area contributed by atoms with Crippen molar-refractivity contribution in [2.45, 2.75) is 19.6 Å². The second-order valence-electron chi connectivity index (χ2n) is 4.69. The van der Waals surface area contributed by atoms with Crippen LogP contribution in [0.5, 0.6) is 5.75 Å². The molecule has 0 fully saturated rings. The van der Waals surface area contributed by atoms with Gasteiger partial charge in [-0.3, -0.25) is 0 Å². The molecule has 0 aliphatic heterocycles. The third-order valence-corrected chi connectivity index (χ3v) is 3.03. The van der Waals surface area contributed by atoms with E-state index in [4.69, 9.17) is 15.7 Å². The van der Waals surface area contributed by atoms with Gasteiger partial charge in [-0.1, -0.05) is 12.1 Å². The zero-order chi connectivity index (χ0) is 15.4. The average Bonchev–Trinajstić information content (AvgIpc) is 2.47. The lowest BCUT2D eigenvalue weighted by atomic mass is 10.1. The molecule has 0 unspecified atom stereocenters. The highest BCUT2D eigenvalue weighted by molar-refractivity contribution is 5.35. The van der Waals surface area contributed by atoms with E-state index in [2.05, 4.69) is 0 Å². The Labute approximate surface area is 121 Å². The van der Waals surface area contributed by atoms with Crippen molar-refractivity contribution in [2.75, 3.05) is 0 Å². The maximum absolute atomic E-state index is 13.8. The molecule has 5 heteroatoms. The minimum absolute atomic E-state index is 0.0450. The largest absolute Gasteiger partial charge is 0.486 e. The van der Waals surface area contributed by atoms with Gasteiger partial charge in [-0.05, 0) is 42.3 Å². The van der Waals surface area contributed by atoms with Crippen molar-refractivity contribution in [3.05, 3.63) is 64.7 Å². The number of nitrogens with zero attached hydrogens (tertiary/aromatic N) is 1. The Kier molecular flexibility index (Phi) is 4.51. The normalized spacial score (nSPS) is 11.8. The molecular weight excluding hydrogens is 274 g/mol. The maximum Gasteiger partial charge on any atom is 0.165 e. The zero-order valence-electron chi connectivity index (χ0n) is 11.4. The number of rotatable bonds is 4. The topological polar surface area (TPSA) is 59.0 Å². The van der Waals surface area contributed by atoms with Gasteiger partial charge in [0, 0.05) is 6.04 Å². The molecule has 0 radical (unpaired) electrons. The van der Waals surface area contributed by atoms with Crippen LogP contribution in [0.1, 0.15) is 29.7 Å². The van der Waals surface area contributed by atoms with Gasteiger partial charge in [0.1, 0.15) is 18.5 Å². The van der Waals surface area contributed by atoms with E-state index < -0.39 is 11.6 Å². The van der Waals surface area contributed by atoms with Gasteiger partial charge in [-0.2, -0.15) is 5.26 Å². The van der Waals surface area contributed by atoms with E-state index in [9.17, 15) is 8.78 Å². The van der Waals surface area contributed by atoms with E-state index in [1.165, 1.54) is 30.3 Å². The summed E-state index contributed by atoms with van der Waals surface area (Å²) in [5.41, 5.74) is 6.87. The summed E-state index contributed by atoms with van der Waals surface area (Å²) in [6, 6.07) is 10.1. The van der Waals surface area contributed by atoms with Crippen LogP contribution in [-0.2, 0) is 6.61 Å². The highest BCUT2D eigenvalue weighted by Crippen LogP contribution is 2.22. The number of ether oxygens (including phenoxy) is 1. The van der Waals surface area contributed by atoms with Crippen LogP contribution in [0.3, 0.4) is 0 Å². The van der Waals surface area contributed by atoms with Crippen LogP contribution >= 0.6 is 0 Å². The second kappa shape index (κ2) is 6.33. The number of halogens is 2. The molecule has 3 nitrogen and oxygen atoms in total. The molecule has 2 aromatic carbocycles. The van der Waals surface area contributed by atoms with Crippen LogP contribution in [0.25, 0.3) is 0 Å². The minimum atomic E-state index is -0.589. The van der Waals surface area contributed by atoms with Crippen LogP contribution in [0.15, 0.2) is 36.4 Å². The predicted octanol–water partition coefficient (Wildman–Crippen LogP) is 3.44. The lowest BCUT2D eigenvalue weighted by Crippen LogP contribution is -2.06. The fourth-order valence-electron chi connectivity index (χ4n) is 1.83. The van der Waals surface area contributed by atoms with Crippen LogP contribution < -0.4 is 10.5 Å². The second-order valence-corrected chi connectivity index (χ2v) is 4.69. The van der Waals surface area contributed by atoms with Crippen molar-refractivity contribution in [1.82, 2.24) is 0 Å². The van der Waals surface area contributed by atoms with Gasteiger partial charge in [0.05, 0.1) is 5.56 Å². The Balaban J connectivity index is 2.12. The molecule has 0 saturated carbocycles.